The van der Waals surface area contributed by atoms with Gasteiger partial charge in [0.25, 0.3) is 0 Å². The normalized spacial score (nSPS) is 13.0. The van der Waals surface area contributed by atoms with Crippen LogP contribution in [0, 0.1) is 6.92 Å². The molecule has 1 atom stereocenters. The van der Waals surface area contributed by atoms with Crippen LogP contribution in [0.15, 0.2) is 24.3 Å². The lowest BCUT2D eigenvalue weighted by Crippen LogP contribution is -1.97. The number of halogens is 1. The van der Waals surface area contributed by atoms with Crippen LogP contribution in [0.25, 0.3) is 0 Å². The third-order valence-corrected chi connectivity index (χ3v) is 1.84. The zero-order valence-electron chi connectivity index (χ0n) is 6.38. The Labute approximate surface area is 75.2 Å². The molecule has 0 aliphatic rings. The molecule has 1 rings (SSSR count). The average Bonchev–Trinajstić information content (AvgIpc) is 1.93. The van der Waals surface area contributed by atoms with Crippen LogP contribution < -0.4 is 0 Å². The first-order chi connectivity index (χ1) is 5.18. The van der Waals surface area contributed by atoms with E-state index >= 15 is 0 Å². The molecule has 0 aromatic heterocycles. The van der Waals surface area contributed by atoms with Gasteiger partial charge in [-0.15, -0.1) is 0 Å². The van der Waals surface area contributed by atoms with Gasteiger partial charge in [0.05, 0.1) is 0 Å². The second-order valence-corrected chi connectivity index (χ2v) is 3.62. The minimum absolute atomic E-state index is 0.556. The minimum Gasteiger partial charge on any atom is -0.220 e. The predicted octanol–water partition coefficient (Wildman–Crippen LogP) is 2.69. The summed E-state index contributed by atoms with van der Waals surface area (Å²) in [6, 6.07) is 8.01. The molecule has 0 aliphatic heterocycles. The van der Waals surface area contributed by atoms with Gasteiger partial charge in [0, 0.05) is 6.42 Å². The lowest BCUT2D eigenvalue weighted by molar-refractivity contribution is 0.171. The van der Waals surface area contributed by atoms with E-state index in [0.29, 0.717) is 6.42 Å². The summed E-state index contributed by atoms with van der Waals surface area (Å²) >= 11 is 2.97. The van der Waals surface area contributed by atoms with Gasteiger partial charge < -0.3 is 0 Å². The van der Waals surface area contributed by atoms with Crippen molar-refractivity contribution in [3.05, 3.63) is 35.4 Å². The van der Waals surface area contributed by atoms with Crippen LogP contribution in [-0.2, 0) is 11.5 Å². The summed E-state index contributed by atoms with van der Waals surface area (Å²) in [7, 11) is 0. The molecule has 0 saturated heterocycles. The van der Waals surface area contributed by atoms with Gasteiger partial charge in [-0.05, 0) is 12.5 Å². The highest BCUT2D eigenvalue weighted by molar-refractivity contribution is 9.09. The van der Waals surface area contributed by atoms with Crippen molar-refractivity contribution in [3.8, 4) is 0 Å². The summed E-state index contributed by atoms with van der Waals surface area (Å²) in [6.45, 7) is 2.03. The highest BCUT2D eigenvalue weighted by Crippen LogP contribution is 2.08. The molecule has 0 N–H and O–H groups in total. The van der Waals surface area contributed by atoms with E-state index in [9.17, 15) is 5.11 Å². The lowest BCUT2D eigenvalue weighted by Gasteiger charge is -2.00. The number of benzene rings is 1. The van der Waals surface area contributed by atoms with Gasteiger partial charge in [0.15, 0.2) is 5.01 Å². The Morgan fingerprint density at radius 1 is 1.36 bits per heavy atom. The smallest absolute Gasteiger partial charge is 0.151 e. The molecule has 0 spiro atoms. The Bertz CT molecular complexity index is 216. The highest BCUT2D eigenvalue weighted by Gasteiger charge is 2.00. The Hall–Kier alpha value is -0.340. The van der Waals surface area contributed by atoms with Gasteiger partial charge in [0.1, 0.15) is 0 Å². The summed E-state index contributed by atoms with van der Waals surface area (Å²) in [4.78, 5) is 0. The second-order valence-electron chi connectivity index (χ2n) is 2.60. The second kappa shape index (κ2) is 3.88. The van der Waals surface area contributed by atoms with Crippen molar-refractivity contribution in [2.45, 2.75) is 18.4 Å². The van der Waals surface area contributed by atoms with Gasteiger partial charge in [0.2, 0.25) is 0 Å². The van der Waals surface area contributed by atoms with Gasteiger partial charge in [-0.3, -0.25) is 0 Å². The van der Waals surface area contributed by atoms with Gasteiger partial charge in [-0.1, -0.05) is 45.8 Å². The third-order valence-electron chi connectivity index (χ3n) is 1.52. The molecular weight excluding hydrogens is 204 g/mol. The zero-order valence-corrected chi connectivity index (χ0v) is 7.97. The summed E-state index contributed by atoms with van der Waals surface area (Å²) < 4.78 is 0. The first kappa shape index (κ1) is 8.75. The maximum absolute atomic E-state index is 10.7. The fourth-order valence-electron chi connectivity index (χ4n) is 0.909. The third kappa shape index (κ3) is 3.04. The van der Waals surface area contributed by atoms with E-state index in [1.165, 1.54) is 5.56 Å². The Morgan fingerprint density at radius 2 is 1.91 bits per heavy atom. The number of aryl methyl sites for hydroxylation is 1. The zero-order chi connectivity index (χ0) is 8.27. The number of hydrogen-bond donors (Lipinski definition) is 0. The van der Waals surface area contributed by atoms with Crippen LogP contribution in [0.4, 0.5) is 0 Å². The van der Waals surface area contributed by atoms with Crippen molar-refractivity contribution in [1.82, 2.24) is 0 Å². The predicted molar refractivity (Wildman–Crippen MR) is 48.3 cm³/mol. The minimum atomic E-state index is -0.676. The van der Waals surface area contributed by atoms with Gasteiger partial charge in [-0.25, -0.2) is 5.11 Å². The average molecular weight is 214 g/mol. The molecule has 0 saturated carbocycles. The molecule has 0 fully saturated rings. The molecule has 2 heteroatoms. The molecule has 1 nitrogen and oxygen atoms in total. The first-order valence-electron chi connectivity index (χ1n) is 3.54. The van der Waals surface area contributed by atoms with E-state index in [2.05, 4.69) is 15.9 Å². The van der Waals surface area contributed by atoms with Crippen molar-refractivity contribution in [3.63, 3.8) is 0 Å². The SMILES string of the molecule is Cc1ccc(CC([O])Br)cc1. The van der Waals surface area contributed by atoms with E-state index in [4.69, 9.17) is 0 Å². The maximum atomic E-state index is 10.7. The van der Waals surface area contributed by atoms with Gasteiger partial charge in [-0.2, -0.15) is 0 Å². The summed E-state index contributed by atoms with van der Waals surface area (Å²) in [5.74, 6) is 0. The van der Waals surface area contributed by atoms with E-state index in [1.54, 1.807) is 0 Å². The first-order valence-corrected chi connectivity index (χ1v) is 4.45. The van der Waals surface area contributed by atoms with E-state index in [1.807, 2.05) is 31.2 Å². The van der Waals surface area contributed by atoms with Crippen molar-refractivity contribution in [1.29, 1.82) is 0 Å². The van der Waals surface area contributed by atoms with E-state index < -0.39 is 5.01 Å². The molecule has 59 valence electrons. The molecule has 0 bridgehead atoms. The molecule has 1 radical (unpaired) electrons. The monoisotopic (exact) mass is 213 g/mol. The van der Waals surface area contributed by atoms with Gasteiger partial charge >= 0.3 is 0 Å². The quantitative estimate of drug-likeness (QED) is 0.674. The van der Waals surface area contributed by atoms with Crippen molar-refractivity contribution < 1.29 is 5.11 Å². The molecule has 0 amide bonds. The summed E-state index contributed by atoms with van der Waals surface area (Å²) in [5.41, 5.74) is 2.32. The van der Waals surface area contributed by atoms with Crippen molar-refractivity contribution in [2.75, 3.05) is 0 Å². The molecule has 0 heterocycles. The fourth-order valence-corrected chi connectivity index (χ4v) is 1.28. The van der Waals surface area contributed by atoms with Crippen LogP contribution in [0.2, 0.25) is 0 Å². The van der Waals surface area contributed by atoms with Crippen molar-refractivity contribution in [2.24, 2.45) is 0 Å². The van der Waals surface area contributed by atoms with Crippen LogP contribution >= 0.6 is 15.9 Å². The van der Waals surface area contributed by atoms with Crippen LogP contribution in [0.1, 0.15) is 11.1 Å². The van der Waals surface area contributed by atoms with Crippen LogP contribution in [0.3, 0.4) is 0 Å². The number of rotatable bonds is 2. The molecule has 11 heavy (non-hydrogen) atoms. The maximum Gasteiger partial charge on any atom is 0.151 e. The Morgan fingerprint density at radius 3 is 2.36 bits per heavy atom. The summed E-state index contributed by atoms with van der Waals surface area (Å²) in [6.07, 6.45) is 0.556. The Kier molecular flexibility index (Phi) is 3.09. The standard InChI is InChI=1S/C9H10BrO/c1-7-2-4-8(5-3-7)6-9(10)11/h2-5,9H,6H2,1H3. The lowest BCUT2D eigenvalue weighted by atomic mass is 10.1. The van der Waals surface area contributed by atoms with Crippen LogP contribution in [-0.4, -0.2) is 5.01 Å². The number of hydrogen-bond acceptors (Lipinski definition) is 0. The number of alkyl halides is 1. The summed E-state index contributed by atoms with van der Waals surface area (Å²) in [5, 5.41) is 10.0. The topological polar surface area (TPSA) is 19.9 Å². The molecule has 0 aliphatic carbocycles. The molecule has 1 aromatic rings. The van der Waals surface area contributed by atoms with Crippen molar-refractivity contribution >= 4 is 15.9 Å². The Balaban J connectivity index is 2.66. The fraction of sp³-hybridized carbons (Fsp3) is 0.333. The largest absolute Gasteiger partial charge is 0.220 e. The van der Waals surface area contributed by atoms with E-state index in [0.717, 1.165) is 5.56 Å². The highest BCUT2D eigenvalue weighted by atomic mass is 79.9. The van der Waals surface area contributed by atoms with E-state index in [-0.39, 0.29) is 0 Å². The molecule has 1 aromatic carbocycles. The van der Waals surface area contributed by atoms with Crippen LogP contribution in [0.5, 0.6) is 0 Å². The molecule has 1 unspecified atom stereocenters. The molecular formula is C9H10BrO.